The zero-order valence-electron chi connectivity index (χ0n) is 16.9. The molecule has 0 aliphatic heterocycles. The number of anilines is 1. The maximum atomic E-state index is 11.9. The van der Waals surface area contributed by atoms with E-state index in [9.17, 15) is 10.0 Å². The highest BCUT2D eigenvalue weighted by Gasteiger charge is 2.10. The summed E-state index contributed by atoms with van der Waals surface area (Å²) in [5.41, 5.74) is 4.00. The van der Waals surface area contributed by atoms with E-state index in [0.29, 0.717) is 22.5 Å². The van der Waals surface area contributed by atoms with E-state index in [1.54, 1.807) is 12.1 Å². The van der Waals surface area contributed by atoms with E-state index in [4.69, 9.17) is 0 Å². The lowest BCUT2D eigenvalue weighted by Crippen LogP contribution is -2.23. The normalized spacial score (nSPS) is 11.2. The highest BCUT2D eigenvalue weighted by atomic mass is 16.5. The largest absolute Gasteiger partial charge is 0.422 e. The monoisotopic (exact) mass is 401 g/mol. The number of nitrogens with zero attached hydrogens (tertiary/aromatic N) is 4. The molecule has 4 rings (SSSR count). The summed E-state index contributed by atoms with van der Waals surface area (Å²) < 4.78 is 0.460. The number of benzene rings is 2. The number of nitrogens with one attached hydrogen (secondary N) is 1. The van der Waals surface area contributed by atoms with E-state index < -0.39 is 5.69 Å². The lowest BCUT2D eigenvalue weighted by molar-refractivity contribution is 0.182. The first-order valence-electron chi connectivity index (χ1n) is 9.65. The van der Waals surface area contributed by atoms with Crippen molar-refractivity contribution in [2.45, 2.75) is 13.1 Å². The number of hydrogen-bond acceptors (Lipinski definition) is 6. The highest BCUT2D eigenvalue weighted by Crippen LogP contribution is 2.23. The molecule has 0 radical (unpaired) electrons. The van der Waals surface area contributed by atoms with Crippen LogP contribution in [0.1, 0.15) is 11.1 Å². The SMILES string of the molecule is CN(C)Cc1cccc(-c2cccc(CNc3nc(=O)n(O)c4ncccc34)c2)c1. The van der Waals surface area contributed by atoms with Gasteiger partial charge >= 0.3 is 5.69 Å². The molecule has 0 aliphatic carbocycles. The van der Waals surface area contributed by atoms with Crippen LogP contribution in [0.4, 0.5) is 5.82 Å². The Hall–Kier alpha value is -3.71. The third kappa shape index (κ3) is 4.16. The molecule has 7 heteroatoms. The first-order chi connectivity index (χ1) is 14.5. The van der Waals surface area contributed by atoms with E-state index in [0.717, 1.165) is 23.2 Å². The molecule has 0 spiro atoms. The topological polar surface area (TPSA) is 83.3 Å². The van der Waals surface area contributed by atoms with Gasteiger partial charge in [-0.3, -0.25) is 0 Å². The molecule has 152 valence electrons. The molecular formula is C23H23N5O2. The maximum absolute atomic E-state index is 11.9. The van der Waals surface area contributed by atoms with Gasteiger partial charge in [0.05, 0.1) is 5.39 Å². The number of fused-ring (bicyclic) bond motifs is 1. The van der Waals surface area contributed by atoms with Gasteiger partial charge in [0.2, 0.25) is 0 Å². The number of aromatic nitrogens is 3. The molecule has 4 aromatic rings. The van der Waals surface area contributed by atoms with Crippen molar-refractivity contribution in [3.63, 3.8) is 0 Å². The van der Waals surface area contributed by atoms with Crippen molar-refractivity contribution >= 4 is 16.9 Å². The second-order valence-corrected chi connectivity index (χ2v) is 7.42. The van der Waals surface area contributed by atoms with Crippen LogP contribution in [0.5, 0.6) is 0 Å². The number of rotatable bonds is 6. The van der Waals surface area contributed by atoms with Crippen molar-refractivity contribution < 1.29 is 5.21 Å². The molecule has 0 amide bonds. The van der Waals surface area contributed by atoms with Gasteiger partial charge in [-0.05, 0) is 60.6 Å². The van der Waals surface area contributed by atoms with E-state index in [-0.39, 0.29) is 5.65 Å². The summed E-state index contributed by atoms with van der Waals surface area (Å²) in [6.07, 6.45) is 1.52. The van der Waals surface area contributed by atoms with Crippen molar-refractivity contribution in [1.82, 2.24) is 19.6 Å². The zero-order valence-corrected chi connectivity index (χ0v) is 16.9. The van der Waals surface area contributed by atoms with Gasteiger partial charge in [0.25, 0.3) is 0 Å². The molecule has 0 unspecified atom stereocenters. The summed E-state index contributed by atoms with van der Waals surface area (Å²) in [7, 11) is 4.11. The van der Waals surface area contributed by atoms with Crippen molar-refractivity contribution in [3.8, 4) is 11.1 Å². The summed E-state index contributed by atoms with van der Waals surface area (Å²) in [5, 5.41) is 13.6. The molecule has 0 atom stereocenters. The van der Waals surface area contributed by atoms with Crippen LogP contribution in [0.15, 0.2) is 71.7 Å². The first kappa shape index (κ1) is 19.6. The van der Waals surface area contributed by atoms with Gasteiger partial charge in [-0.25, -0.2) is 9.78 Å². The molecule has 2 aromatic heterocycles. The fraction of sp³-hybridized carbons (Fsp3) is 0.174. The first-order valence-corrected chi connectivity index (χ1v) is 9.65. The molecule has 0 fully saturated rings. The molecule has 2 heterocycles. The van der Waals surface area contributed by atoms with Gasteiger partial charge in [0.15, 0.2) is 5.65 Å². The van der Waals surface area contributed by atoms with Gasteiger partial charge in [0, 0.05) is 19.3 Å². The van der Waals surface area contributed by atoms with E-state index >= 15 is 0 Å². The van der Waals surface area contributed by atoms with Crippen LogP contribution in [-0.2, 0) is 13.1 Å². The van der Waals surface area contributed by atoms with Crippen molar-refractivity contribution in [3.05, 3.63) is 88.5 Å². The predicted octanol–water partition coefficient (Wildman–Crippen LogP) is 3.37. The fourth-order valence-corrected chi connectivity index (χ4v) is 3.44. The smallest absolute Gasteiger partial charge is 0.384 e. The Morgan fingerprint density at radius 3 is 2.43 bits per heavy atom. The molecular weight excluding hydrogens is 378 g/mol. The minimum Gasteiger partial charge on any atom is -0.422 e. The van der Waals surface area contributed by atoms with Gasteiger partial charge in [-0.2, -0.15) is 4.98 Å². The zero-order chi connectivity index (χ0) is 21.1. The Morgan fingerprint density at radius 1 is 1.00 bits per heavy atom. The van der Waals surface area contributed by atoms with Crippen LogP contribution in [0, 0.1) is 0 Å². The van der Waals surface area contributed by atoms with Gasteiger partial charge in [-0.15, -0.1) is 4.73 Å². The van der Waals surface area contributed by atoms with Gasteiger partial charge in [-0.1, -0.05) is 36.4 Å². The summed E-state index contributed by atoms with van der Waals surface area (Å²) in [6, 6.07) is 20.3. The lowest BCUT2D eigenvalue weighted by Gasteiger charge is -2.12. The lowest BCUT2D eigenvalue weighted by atomic mass is 10.0. The standard InChI is InChI=1S/C23H23N5O2/c1-27(2)15-17-7-4-9-19(13-17)18-8-3-6-16(12-18)14-25-21-20-10-5-11-24-22(20)28(30)23(29)26-21/h3-13,30H,14-15H2,1-2H3,(H,25,26,29). The Bertz CT molecular complexity index is 1250. The second kappa shape index (κ2) is 8.34. The van der Waals surface area contributed by atoms with E-state index in [2.05, 4.69) is 70.7 Å². The van der Waals surface area contributed by atoms with E-state index in [1.807, 2.05) is 12.1 Å². The third-order valence-corrected chi connectivity index (χ3v) is 4.78. The fourth-order valence-electron chi connectivity index (χ4n) is 3.44. The third-order valence-electron chi connectivity index (χ3n) is 4.78. The molecule has 0 saturated heterocycles. The minimum atomic E-state index is -0.768. The van der Waals surface area contributed by atoms with Crippen LogP contribution < -0.4 is 11.0 Å². The highest BCUT2D eigenvalue weighted by molar-refractivity contribution is 5.86. The van der Waals surface area contributed by atoms with Crippen LogP contribution in [0.2, 0.25) is 0 Å². The maximum Gasteiger partial charge on any atom is 0.384 e. The molecule has 0 bridgehead atoms. The van der Waals surface area contributed by atoms with Crippen LogP contribution >= 0.6 is 0 Å². The Morgan fingerprint density at radius 2 is 1.70 bits per heavy atom. The van der Waals surface area contributed by atoms with Crippen LogP contribution in [0.25, 0.3) is 22.2 Å². The number of hydrogen-bond donors (Lipinski definition) is 2. The molecule has 2 aromatic carbocycles. The predicted molar refractivity (Wildman–Crippen MR) is 118 cm³/mol. The van der Waals surface area contributed by atoms with Gasteiger partial charge in [0.1, 0.15) is 5.82 Å². The summed E-state index contributed by atoms with van der Waals surface area (Å²) in [6.45, 7) is 1.37. The summed E-state index contributed by atoms with van der Waals surface area (Å²) >= 11 is 0. The van der Waals surface area contributed by atoms with Gasteiger partial charge < -0.3 is 15.4 Å². The van der Waals surface area contributed by atoms with Crippen molar-refractivity contribution in [1.29, 1.82) is 0 Å². The Balaban J connectivity index is 1.59. The van der Waals surface area contributed by atoms with E-state index in [1.165, 1.54) is 11.8 Å². The van der Waals surface area contributed by atoms with Crippen LogP contribution in [-0.4, -0.2) is 38.9 Å². The Labute approximate surface area is 174 Å². The summed E-state index contributed by atoms with van der Waals surface area (Å²) in [5.74, 6) is 0.395. The average molecular weight is 401 g/mol. The molecule has 30 heavy (non-hydrogen) atoms. The molecule has 0 aliphatic rings. The van der Waals surface area contributed by atoms with Crippen LogP contribution in [0.3, 0.4) is 0 Å². The summed E-state index contributed by atoms with van der Waals surface area (Å²) in [4.78, 5) is 22.1. The Kier molecular flexibility index (Phi) is 5.45. The van der Waals surface area contributed by atoms with Crippen molar-refractivity contribution in [2.75, 3.05) is 19.4 Å². The number of pyridine rings is 1. The second-order valence-electron chi connectivity index (χ2n) is 7.42. The molecule has 0 saturated carbocycles. The quantitative estimate of drug-likeness (QED) is 0.482. The molecule has 7 nitrogen and oxygen atoms in total. The van der Waals surface area contributed by atoms with Crippen molar-refractivity contribution in [2.24, 2.45) is 0 Å². The molecule has 2 N–H and O–H groups in total. The average Bonchev–Trinajstić information content (AvgIpc) is 2.75. The minimum absolute atomic E-state index is 0.173.